The van der Waals surface area contributed by atoms with E-state index in [0.29, 0.717) is 0 Å². The van der Waals surface area contributed by atoms with Crippen molar-refractivity contribution in [3.05, 3.63) is 36.4 Å². The zero-order chi connectivity index (χ0) is 10.2. The van der Waals surface area contributed by atoms with E-state index in [0.717, 1.165) is 19.4 Å². The number of hydrogen-bond donors (Lipinski definition) is 2. The molecule has 0 radical (unpaired) electrons. The highest BCUT2D eigenvalue weighted by Crippen LogP contribution is 2.03. The van der Waals surface area contributed by atoms with Crippen LogP contribution in [0.5, 0.6) is 0 Å². The van der Waals surface area contributed by atoms with Crippen molar-refractivity contribution < 1.29 is 9.90 Å². The molecule has 1 aliphatic heterocycles. The highest BCUT2D eigenvalue weighted by atomic mass is 16.4. The van der Waals surface area contributed by atoms with E-state index in [2.05, 4.69) is 5.32 Å². The number of rotatable bonds is 1. The third-order valence-corrected chi connectivity index (χ3v) is 2.03. The average Bonchev–Trinajstić information content (AvgIpc) is 2.74. The number of carboxylic acid groups (broad SMARTS) is 1. The molecule has 1 heterocycles. The fourth-order valence-corrected chi connectivity index (χ4v) is 1.28. The molecule has 3 nitrogen and oxygen atoms in total. The summed E-state index contributed by atoms with van der Waals surface area (Å²) in [4.78, 5) is 10.1. The molecule has 1 aromatic rings. The topological polar surface area (TPSA) is 49.3 Å². The maximum absolute atomic E-state index is 10.1. The summed E-state index contributed by atoms with van der Waals surface area (Å²) in [6.07, 6.45) is 1.78. The number of carboxylic acids is 1. The van der Waals surface area contributed by atoms with E-state index in [-0.39, 0.29) is 6.04 Å². The van der Waals surface area contributed by atoms with Gasteiger partial charge in [0.05, 0.1) is 0 Å². The maximum Gasteiger partial charge on any atom is 0.320 e. The van der Waals surface area contributed by atoms with Crippen LogP contribution >= 0.6 is 0 Å². The Labute approximate surface area is 83.8 Å². The molecular formula is C11H15NO2. The molecule has 3 heteroatoms. The van der Waals surface area contributed by atoms with Crippen molar-refractivity contribution in [1.82, 2.24) is 5.32 Å². The zero-order valence-corrected chi connectivity index (χ0v) is 8.02. The van der Waals surface area contributed by atoms with Gasteiger partial charge in [0.15, 0.2) is 0 Å². The van der Waals surface area contributed by atoms with Crippen LogP contribution < -0.4 is 5.32 Å². The van der Waals surface area contributed by atoms with Crippen LogP contribution in [0.1, 0.15) is 12.8 Å². The van der Waals surface area contributed by atoms with Crippen LogP contribution in [-0.4, -0.2) is 23.7 Å². The van der Waals surface area contributed by atoms with Gasteiger partial charge in [0.1, 0.15) is 6.04 Å². The first-order valence-electron chi connectivity index (χ1n) is 4.77. The molecule has 1 aliphatic rings. The molecule has 2 N–H and O–H groups in total. The molecule has 0 spiro atoms. The minimum absolute atomic E-state index is 0.269. The van der Waals surface area contributed by atoms with Gasteiger partial charge in [-0.1, -0.05) is 36.4 Å². The number of aliphatic carboxylic acids is 1. The molecule has 1 saturated heterocycles. The van der Waals surface area contributed by atoms with Gasteiger partial charge in [-0.05, 0) is 19.4 Å². The maximum atomic E-state index is 10.1. The smallest absolute Gasteiger partial charge is 0.320 e. The largest absolute Gasteiger partial charge is 0.480 e. The minimum atomic E-state index is -0.720. The molecular weight excluding hydrogens is 178 g/mol. The predicted molar refractivity (Wildman–Crippen MR) is 55.1 cm³/mol. The average molecular weight is 193 g/mol. The van der Waals surface area contributed by atoms with E-state index >= 15 is 0 Å². The summed E-state index contributed by atoms with van der Waals surface area (Å²) >= 11 is 0. The highest BCUT2D eigenvalue weighted by molar-refractivity contribution is 5.73. The molecule has 2 rings (SSSR count). The lowest BCUT2D eigenvalue weighted by Gasteiger charge is -1.99. The molecule has 0 aliphatic carbocycles. The summed E-state index contributed by atoms with van der Waals surface area (Å²) < 4.78 is 0. The summed E-state index contributed by atoms with van der Waals surface area (Å²) in [6, 6.07) is 11.7. The molecule has 0 unspecified atom stereocenters. The molecule has 1 aromatic carbocycles. The number of carbonyl (C=O) groups is 1. The van der Waals surface area contributed by atoms with Gasteiger partial charge in [-0.15, -0.1) is 0 Å². The van der Waals surface area contributed by atoms with Crippen molar-refractivity contribution in [2.24, 2.45) is 0 Å². The minimum Gasteiger partial charge on any atom is -0.480 e. The Morgan fingerprint density at radius 3 is 1.86 bits per heavy atom. The lowest BCUT2D eigenvalue weighted by molar-refractivity contribution is -0.139. The Balaban J connectivity index is 0.000000146. The normalized spacial score (nSPS) is 19.6. The summed E-state index contributed by atoms with van der Waals surface area (Å²) in [6.45, 7) is 0.858. The number of hydrogen-bond acceptors (Lipinski definition) is 2. The highest BCUT2D eigenvalue weighted by Gasteiger charge is 2.20. The Morgan fingerprint density at radius 2 is 1.64 bits per heavy atom. The molecule has 0 aromatic heterocycles. The van der Waals surface area contributed by atoms with Crippen molar-refractivity contribution in [2.45, 2.75) is 18.9 Å². The standard InChI is InChI=1S/C6H6.C5H9NO2/c1-2-4-6-5-3-1;7-5(8)4-2-1-3-6-4/h1-6H;4,6H,1-3H2,(H,7,8)/t;4-/m.0/s1. The summed E-state index contributed by atoms with van der Waals surface area (Å²) in [7, 11) is 0. The third-order valence-electron chi connectivity index (χ3n) is 2.03. The lowest BCUT2D eigenvalue weighted by atomic mass is 10.2. The Kier molecular flexibility index (Phi) is 4.72. The van der Waals surface area contributed by atoms with Crippen molar-refractivity contribution in [2.75, 3.05) is 6.54 Å². The number of benzene rings is 1. The van der Waals surface area contributed by atoms with Crippen LogP contribution in [-0.2, 0) is 4.79 Å². The first-order valence-corrected chi connectivity index (χ1v) is 4.77. The molecule has 14 heavy (non-hydrogen) atoms. The second kappa shape index (κ2) is 6.16. The van der Waals surface area contributed by atoms with E-state index in [1.165, 1.54) is 0 Å². The van der Waals surface area contributed by atoms with Crippen molar-refractivity contribution >= 4 is 5.97 Å². The van der Waals surface area contributed by atoms with Crippen molar-refractivity contribution in [1.29, 1.82) is 0 Å². The second-order valence-electron chi connectivity index (χ2n) is 3.14. The van der Waals surface area contributed by atoms with E-state index < -0.39 is 5.97 Å². The van der Waals surface area contributed by atoms with E-state index in [4.69, 9.17) is 5.11 Å². The first kappa shape index (κ1) is 10.7. The predicted octanol–water partition coefficient (Wildman–Crippen LogP) is 1.51. The lowest BCUT2D eigenvalue weighted by Crippen LogP contribution is -2.29. The summed E-state index contributed by atoms with van der Waals surface area (Å²) in [5.41, 5.74) is 0. The van der Waals surface area contributed by atoms with Crippen LogP contribution in [0.2, 0.25) is 0 Å². The molecule has 1 atom stereocenters. The van der Waals surface area contributed by atoms with Gasteiger partial charge in [0.2, 0.25) is 0 Å². The van der Waals surface area contributed by atoms with Crippen LogP contribution in [0.3, 0.4) is 0 Å². The van der Waals surface area contributed by atoms with Gasteiger partial charge in [0.25, 0.3) is 0 Å². The number of nitrogens with one attached hydrogen (secondary N) is 1. The fourth-order valence-electron chi connectivity index (χ4n) is 1.28. The van der Waals surface area contributed by atoms with Gasteiger partial charge >= 0.3 is 5.97 Å². The molecule has 0 saturated carbocycles. The van der Waals surface area contributed by atoms with Crippen molar-refractivity contribution in [3.63, 3.8) is 0 Å². The fraction of sp³-hybridized carbons (Fsp3) is 0.364. The Hall–Kier alpha value is -1.35. The monoisotopic (exact) mass is 193 g/mol. The van der Waals surface area contributed by atoms with Crippen LogP contribution in [0.25, 0.3) is 0 Å². The molecule has 0 amide bonds. The SMILES string of the molecule is O=C(O)[C@@H]1CCCN1.c1ccccc1. The Morgan fingerprint density at radius 1 is 1.14 bits per heavy atom. The summed E-state index contributed by atoms with van der Waals surface area (Å²) in [5, 5.41) is 11.2. The van der Waals surface area contributed by atoms with E-state index in [1.807, 2.05) is 36.4 Å². The van der Waals surface area contributed by atoms with E-state index in [1.54, 1.807) is 0 Å². The van der Waals surface area contributed by atoms with Gasteiger partial charge in [-0.25, -0.2) is 0 Å². The van der Waals surface area contributed by atoms with Crippen LogP contribution in [0.4, 0.5) is 0 Å². The quantitative estimate of drug-likeness (QED) is 0.710. The molecule has 1 fully saturated rings. The van der Waals surface area contributed by atoms with Crippen LogP contribution in [0, 0.1) is 0 Å². The molecule has 76 valence electrons. The van der Waals surface area contributed by atoms with Crippen molar-refractivity contribution in [3.8, 4) is 0 Å². The van der Waals surface area contributed by atoms with Gasteiger partial charge < -0.3 is 10.4 Å². The van der Waals surface area contributed by atoms with Crippen LogP contribution in [0.15, 0.2) is 36.4 Å². The first-order chi connectivity index (χ1) is 6.80. The third kappa shape index (κ3) is 4.05. The van der Waals surface area contributed by atoms with Gasteiger partial charge in [0, 0.05) is 0 Å². The molecule has 0 bridgehead atoms. The zero-order valence-electron chi connectivity index (χ0n) is 8.02. The van der Waals surface area contributed by atoms with E-state index in [9.17, 15) is 4.79 Å². The Bertz CT molecular complexity index is 229. The summed E-state index contributed by atoms with van der Waals surface area (Å²) in [5.74, 6) is -0.720. The van der Waals surface area contributed by atoms with Gasteiger partial charge in [-0.2, -0.15) is 0 Å². The second-order valence-corrected chi connectivity index (χ2v) is 3.14. The van der Waals surface area contributed by atoms with Gasteiger partial charge in [-0.3, -0.25) is 4.79 Å².